The molecule has 0 aliphatic carbocycles. The molecule has 0 N–H and O–H groups in total. The maximum atomic E-state index is 11.8. The summed E-state index contributed by atoms with van der Waals surface area (Å²) in [5.74, 6) is 0. The fourth-order valence-corrected chi connectivity index (χ4v) is 1.60. The lowest BCUT2D eigenvalue weighted by Crippen LogP contribution is -2.04. The van der Waals surface area contributed by atoms with Crippen LogP contribution in [0.1, 0.15) is 18.9 Å². The molecular formula is C13H13NO3. The zero-order valence-corrected chi connectivity index (χ0v) is 9.77. The molecule has 0 radical (unpaired) electrons. The van der Waals surface area contributed by atoms with E-state index in [-0.39, 0.29) is 6.08 Å². The minimum absolute atomic E-state index is 0.0147. The van der Waals surface area contributed by atoms with Crippen molar-refractivity contribution >= 4 is 17.0 Å². The fourth-order valence-electron chi connectivity index (χ4n) is 1.60. The van der Waals surface area contributed by atoms with E-state index >= 15 is 0 Å². The molecule has 4 nitrogen and oxygen atoms in total. The molecule has 2 aromatic rings. The minimum Gasteiger partial charge on any atom is -0.453 e. The number of rotatable bonds is 3. The van der Waals surface area contributed by atoms with Gasteiger partial charge in [-0.1, -0.05) is 31.2 Å². The van der Waals surface area contributed by atoms with Crippen LogP contribution in [0.5, 0.6) is 6.08 Å². The van der Waals surface area contributed by atoms with E-state index in [1.807, 2.05) is 31.2 Å². The summed E-state index contributed by atoms with van der Waals surface area (Å²) >= 11 is 0. The van der Waals surface area contributed by atoms with Crippen LogP contribution in [0.15, 0.2) is 33.5 Å². The van der Waals surface area contributed by atoms with Gasteiger partial charge in [-0.05, 0) is 18.1 Å². The Kier molecular flexibility index (Phi) is 3.23. The predicted octanol–water partition coefficient (Wildman–Crippen LogP) is 2.62. The highest BCUT2D eigenvalue weighted by molar-refractivity contribution is 5.86. The molecule has 0 atom stereocenters. The van der Waals surface area contributed by atoms with Gasteiger partial charge in [0.05, 0.1) is 18.0 Å². The number of benzene rings is 1. The van der Waals surface area contributed by atoms with Crippen LogP contribution in [-0.4, -0.2) is 12.1 Å². The highest BCUT2D eigenvalue weighted by atomic mass is 16.6. The predicted molar refractivity (Wildman–Crippen MR) is 66.2 cm³/mol. The molecule has 1 aromatic heterocycles. The number of allylic oxidation sites excluding steroid dienone is 1. The maximum Gasteiger partial charge on any atom is 0.396 e. The number of ether oxygens (including phenoxy) is 1. The fraction of sp³-hybridized carbons (Fsp3) is 0.231. The van der Waals surface area contributed by atoms with Crippen LogP contribution >= 0.6 is 0 Å². The van der Waals surface area contributed by atoms with Crippen molar-refractivity contribution in [3.63, 3.8) is 0 Å². The van der Waals surface area contributed by atoms with Gasteiger partial charge in [0, 0.05) is 0 Å². The highest BCUT2D eigenvalue weighted by Crippen LogP contribution is 2.17. The molecule has 0 aliphatic rings. The first kappa shape index (κ1) is 11.4. The van der Waals surface area contributed by atoms with E-state index in [0.717, 1.165) is 12.0 Å². The van der Waals surface area contributed by atoms with Crippen molar-refractivity contribution < 1.29 is 9.15 Å². The first-order valence-electron chi connectivity index (χ1n) is 5.40. The van der Waals surface area contributed by atoms with Gasteiger partial charge in [0.1, 0.15) is 0 Å². The second-order valence-electron chi connectivity index (χ2n) is 3.52. The van der Waals surface area contributed by atoms with E-state index in [9.17, 15) is 4.79 Å². The molecule has 2 rings (SSSR count). The summed E-state index contributed by atoms with van der Waals surface area (Å²) in [6.07, 6.45) is 4.77. The van der Waals surface area contributed by atoms with Crippen molar-refractivity contribution in [3.8, 4) is 6.08 Å². The Labute approximate surface area is 98.5 Å². The number of fused-ring (bicyclic) bond motifs is 1. The number of aromatic nitrogens is 1. The molecule has 1 heterocycles. The lowest BCUT2D eigenvalue weighted by atomic mass is 10.1. The smallest absolute Gasteiger partial charge is 0.396 e. The molecule has 17 heavy (non-hydrogen) atoms. The molecule has 1 aromatic carbocycles. The van der Waals surface area contributed by atoms with Crippen molar-refractivity contribution in [2.75, 3.05) is 7.11 Å². The zero-order valence-electron chi connectivity index (χ0n) is 9.77. The van der Waals surface area contributed by atoms with Gasteiger partial charge >= 0.3 is 11.7 Å². The number of hydrogen-bond acceptors (Lipinski definition) is 4. The Bertz CT molecular complexity index is 614. The van der Waals surface area contributed by atoms with Gasteiger partial charge in [-0.3, -0.25) is 0 Å². The summed E-state index contributed by atoms with van der Waals surface area (Å²) in [7, 11) is 1.41. The maximum absolute atomic E-state index is 11.8. The van der Waals surface area contributed by atoms with Crippen molar-refractivity contribution in [1.82, 2.24) is 4.98 Å². The second-order valence-corrected chi connectivity index (χ2v) is 3.52. The lowest BCUT2D eigenvalue weighted by Gasteiger charge is -2.01. The Morgan fingerprint density at radius 1 is 1.47 bits per heavy atom. The molecule has 4 heteroatoms. The average molecular weight is 231 g/mol. The highest BCUT2D eigenvalue weighted by Gasteiger charge is 2.08. The third-order valence-electron chi connectivity index (χ3n) is 2.38. The summed E-state index contributed by atoms with van der Waals surface area (Å²) in [6, 6.07) is 5.47. The van der Waals surface area contributed by atoms with E-state index < -0.39 is 5.63 Å². The molecule has 0 unspecified atom stereocenters. The van der Waals surface area contributed by atoms with Crippen molar-refractivity contribution in [1.29, 1.82) is 0 Å². The summed E-state index contributed by atoms with van der Waals surface area (Å²) in [4.78, 5) is 15.9. The molecule has 0 aliphatic heterocycles. The van der Waals surface area contributed by atoms with Crippen LogP contribution in [0, 0.1) is 0 Å². The van der Waals surface area contributed by atoms with E-state index in [1.54, 1.807) is 6.07 Å². The first-order chi connectivity index (χ1) is 8.26. The SMILES string of the molecule is CC/C=C/c1cccc2nc(OC)oc(=O)c12. The van der Waals surface area contributed by atoms with Crippen LogP contribution in [0.25, 0.3) is 17.0 Å². The van der Waals surface area contributed by atoms with Crippen LogP contribution in [-0.2, 0) is 0 Å². The van der Waals surface area contributed by atoms with Crippen LogP contribution in [0.3, 0.4) is 0 Å². The largest absolute Gasteiger partial charge is 0.453 e. The number of methoxy groups -OCH3 is 1. The van der Waals surface area contributed by atoms with E-state index in [0.29, 0.717) is 10.9 Å². The standard InChI is InChI=1S/C13H13NO3/c1-3-4-6-9-7-5-8-10-11(9)12(15)17-13(14-10)16-2/h4-8H,3H2,1-2H3/b6-4+. The molecular weight excluding hydrogens is 218 g/mol. The van der Waals surface area contributed by atoms with Gasteiger partial charge in [-0.25, -0.2) is 4.79 Å². The van der Waals surface area contributed by atoms with Gasteiger partial charge in [0.15, 0.2) is 0 Å². The van der Waals surface area contributed by atoms with Gasteiger partial charge < -0.3 is 9.15 Å². The Balaban J connectivity index is 2.72. The molecule has 0 amide bonds. The number of nitrogens with zero attached hydrogens (tertiary/aromatic N) is 1. The van der Waals surface area contributed by atoms with Crippen LogP contribution in [0.2, 0.25) is 0 Å². The Hall–Kier alpha value is -2.10. The van der Waals surface area contributed by atoms with Gasteiger partial charge in [-0.2, -0.15) is 4.98 Å². The number of hydrogen-bond donors (Lipinski definition) is 0. The van der Waals surface area contributed by atoms with E-state index in [4.69, 9.17) is 9.15 Å². The summed E-state index contributed by atoms with van der Waals surface area (Å²) in [5, 5.41) is 0.484. The monoisotopic (exact) mass is 231 g/mol. The third-order valence-corrected chi connectivity index (χ3v) is 2.38. The van der Waals surface area contributed by atoms with Crippen LogP contribution < -0.4 is 10.4 Å². The summed E-state index contributed by atoms with van der Waals surface area (Å²) in [6.45, 7) is 2.03. The molecule has 0 spiro atoms. The van der Waals surface area contributed by atoms with E-state index in [1.165, 1.54) is 7.11 Å². The topological polar surface area (TPSA) is 52.3 Å². The van der Waals surface area contributed by atoms with Crippen molar-refractivity contribution in [2.45, 2.75) is 13.3 Å². The van der Waals surface area contributed by atoms with Gasteiger partial charge in [-0.15, -0.1) is 0 Å². The van der Waals surface area contributed by atoms with Crippen molar-refractivity contribution in [3.05, 3.63) is 40.3 Å². The molecule has 88 valence electrons. The first-order valence-corrected chi connectivity index (χ1v) is 5.40. The summed E-state index contributed by atoms with van der Waals surface area (Å²) in [5.41, 5.74) is 0.966. The normalized spacial score (nSPS) is 11.2. The zero-order chi connectivity index (χ0) is 12.3. The van der Waals surface area contributed by atoms with Gasteiger partial charge in [0.2, 0.25) is 0 Å². The quantitative estimate of drug-likeness (QED) is 0.814. The van der Waals surface area contributed by atoms with Crippen LogP contribution in [0.4, 0.5) is 0 Å². The third kappa shape index (κ3) is 2.20. The minimum atomic E-state index is -0.428. The Morgan fingerprint density at radius 3 is 3.00 bits per heavy atom. The lowest BCUT2D eigenvalue weighted by molar-refractivity contribution is 0.270. The molecule has 0 bridgehead atoms. The summed E-state index contributed by atoms with van der Waals surface area (Å²) < 4.78 is 9.77. The molecule has 0 fully saturated rings. The molecule has 0 saturated heterocycles. The van der Waals surface area contributed by atoms with Gasteiger partial charge in [0.25, 0.3) is 0 Å². The molecule has 0 saturated carbocycles. The van der Waals surface area contributed by atoms with Crippen molar-refractivity contribution in [2.24, 2.45) is 0 Å². The second kappa shape index (κ2) is 4.82. The Morgan fingerprint density at radius 2 is 2.29 bits per heavy atom. The van der Waals surface area contributed by atoms with E-state index in [2.05, 4.69) is 4.98 Å². The average Bonchev–Trinajstić information content (AvgIpc) is 2.35.